The molecule has 0 aromatic carbocycles. The Morgan fingerprint density at radius 1 is 1.00 bits per heavy atom. The van der Waals surface area contributed by atoms with Gasteiger partial charge in [-0.3, -0.25) is 4.79 Å². The second-order valence-electron chi connectivity index (χ2n) is 5.66. The molecular weight excluding hydrogens is 172 g/mol. The summed E-state index contributed by atoms with van der Waals surface area (Å²) in [4.78, 5) is 11.9. The smallest absolute Gasteiger partial charge is 0.136 e. The molecule has 3 aliphatic carbocycles. The van der Waals surface area contributed by atoms with Crippen molar-refractivity contribution in [3.63, 3.8) is 0 Å². The van der Waals surface area contributed by atoms with Crippen molar-refractivity contribution >= 4 is 5.78 Å². The molecule has 0 heterocycles. The fourth-order valence-corrected chi connectivity index (χ4v) is 4.25. The lowest BCUT2D eigenvalue weighted by Gasteiger charge is -2.31. The third kappa shape index (κ3) is 1.32. The number of Topliss-reactive ketones (excluding diaryl/α,β-unsaturated/α-hetero) is 1. The fourth-order valence-electron chi connectivity index (χ4n) is 4.25. The minimum absolute atomic E-state index is 0.485. The Labute approximate surface area is 86.3 Å². The van der Waals surface area contributed by atoms with E-state index >= 15 is 0 Å². The number of hydrogen-bond donors (Lipinski definition) is 0. The van der Waals surface area contributed by atoms with Gasteiger partial charge in [-0.2, -0.15) is 0 Å². The summed E-state index contributed by atoms with van der Waals surface area (Å²) < 4.78 is 0. The van der Waals surface area contributed by atoms with Crippen LogP contribution in [-0.2, 0) is 4.79 Å². The highest BCUT2D eigenvalue weighted by molar-refractivity contribution is 5.82. The number of fused-ring (bicyclic) bond motifs is 2. The molecule has 0 N–H and O–H groups in total. The van der Waals surface area contributed by atoms with E-state index in [-0.39, 0.29) is 0 Å². The molecule has 1 nitrogen and oxygen atoms in total. The summed E-state index contributed by atoms with van der Waals surface area (Å²) in [5.41, 5.74) is 0. The van der Waals surface area contributed by atoms with E-state index in [2.05, 4.69) is 0 Å². The Kier molecular flexibility index (Phi) is 2.14. The highest BCUT2D eigenvalue weighted by Gasteiger charge is 2.45. The molecule has 78 valence electrons. The van der Waals surface area contributed by atoms with E-state index in [1.54, 1.807) is 0 Å². The predicted molar refractivity (Wildman–Crippen MR) is 55.9 cm³/mol. The lowest BCUT2D eigenvalue weighted by molar-refractivity contribution is -0.127. The molecule has 0 spiro atoms. The van der Waals surface area contributed by atoms with Crippen molar-refractivity contribution in [2.24, 2.45) is 23.7 Å². The quantitative estimate of drug-likeness (QED) is 0.623. The Morgan fingerprint density at radius 3 is 2.57 bits per heavy atom. The maximum atomic E-state index is 11.9. The monoisotopic (exact) mass is 192 g/mol. The summed E-state index contributed by atoms with van der Waals surface area (Å²) in [6.45, 7) is 0. The average molecular weight is 192 g/mol. The van der Waals surface area contributed by atoms with Crippen molar-refractivity contribution in [2.45, 2.75) is 51.4 Å². The summed E-state index contributed by atoms with van der Waals surface area (Å²) in [7, 11) is 0. The molecule has 4 unspecified atom stereocenters. The number of ketones is 1. The van der Waals surface area contributed by atoms with Crippen molar-refractivity contribution in [3.8, 4) is 0 Å². The minimum Gasteiger partial charge on any atom is -0.299 e. The first-order valence-corrected chi connectivity index (χ1v) is 6.37. The number of rotatable bonds is 1. The lowest BCUT2D eigenvalue weighted by Crippen LogP contribution is -2.30. The second-order valence-corrected chi connectivity index (χ2v) is 5.66. The summed E-state index contributed by atoms with van der Waals surface area (Å²) >= 11 is 0. The summed E-state index contributed by atoms with van der Waals surface area (Å²) in [5.74, 6) is 3.83. The molecule has 2 bridgehead atoms. The van der Waals surface area contributed by atoms with Gasteiger partial charge in [-0.25, -0.2) is 0 Å². The Hall–Kier alpha value is -0.330. The van der Waals surface area contributed by atoms with E-state index in [1.165, 1.54) is 38.5 Å². The van der Waals surface area contributed by atoms with Gasteiger partial charge in [-0.05, 0) is 49.9 Å². The third-order valence-electron chi connectivity index (χ3n) is 4.91. The van der Waals surface area contributed by atoms with Gasteiger partial charge in [0, 0.05) is 12.3 Å². The van der Waals surface area contributed by atoms with E-state index in [0.29, 0.717) is 11.7 Å². The highest BCUT2D eigenvalue weighted by atomic mass is 16.1. The molecule has 0 saturated heterocycles. The van der Waals surface area contributed by atoms with Gasteiger partial charge in [0.25, 0.3) is 0 Å². The average Bonchev–Trinajstić information content (AvgIpc) is 2.79. The van der Waals surface area contributed by atoms with Crippen molar-refractivity contribution in [1.29, 1.82) is 0 Å². The SMILES string of the molecule is O=C1CCCCC1C1CC2CCC1C2. The maximum Gasteiger partial charge on any atom is 0.136 e. The second kappa shape index (κ2) is 3.36. The zero-order valence-electron chi connectivity index (χ0n) is 8.87. The van der Waals surface area contributed by atoms with Gasteiger partial charge in [-0.1, -0.05) is 12.8 Å². The van der Waals surface area contributed by atoms with E-state index in [4.69, 9.17) is 0 Å². The molecule has 4 atom stereocenters. The molecule has 0 aromatic rings. The topological polar surface area (TPSA) is 17.1 Å². The van der Waals surface area contributed by atoms with Gasteiger partial charge >= 0.3 is 0 Å². The van der Waals surface area contributed by atoms with Crippen LogP contribution in [0, 0.1) is 23.7 Å². The van der Waals surface area contributed by atoms with Crippen LogP contribution in [-0.4, -0.2) is 5.78 Å². The first-order chi connectivity index (χ1) is 6.84. The molecule has 1 heteroatoms. The third-order valence-corrected chi connectivity index (χ3v) is 4.91. The van der Waals surface area contributed by atoms with Crippen LogP contribution in [0.4, 0.5) is 0 Å². The molecule has 3 aliphatic rings. The lowest BCUT2D eigenvalue weighted by atomic mass is 9.72. The van der Waals surface area contributed by atoms with Gasteiger partial charge < -0.3 is 0 Å². The van der Waals surface area contributed by atoms with E-state index in [0.717, 1.165) is 30.6 Å². The Bertz CT molecular complexity index is 246. The van der Waals surface area contributed by atoms with Crippen LogP contribution in [0.1, 0.15) is 51.4 Å². The van der Waals surface area contributed by atoms with Crippen molar-refractivity contribution in [1.82, 2.24) is 0 Å². The van der Waals surface area contributed by atoms with E-state index < -0.39 is 0 Å². The zero-order chi connectivity index (χ0) is 9.54. The van der Waals surface area contributed by atoms with Crippen LogP contribution in [0.2, 0.25) is 0 Å². The standard InChI is InChI=1S/C13H20O/c14-13-4-2-1-3-11(13)12-8-9-5-6-10(12)7-9/h9-12H,1-8H2. The van der Waals surface area contributed by atoms with Crippen LogP contribution in [0.25, 0.3) is 0 Å². The molecule has 14 heavy (non-hydrogen) atoms. The number of hydrogen-bond acceptors (Lipinski definition) is 1. The van der Waals surface area contributed by atoms with Crippen molar-refractivity contribution < 1.29 is 4.79 Å². The van der Waals surface area contributed by atoms with Crippen LogP contribution in [0.3, 0.4) is 0 Å². The molecular formula is C13H20O. The molecule has 0 aromatic heterocycles. The molecule has 3 rings (SSSR count). The minimum atomic E-state index is 0.485. The number of carbonyl (C=O) groups is 1. The van der Waals surface area contributed by atoms with E-state index in [1.807, 2.05) is 0 Å². The molecule has 0 aliphatic heterocycles. The normalized spacial score (nSPS) is 47.3. The summed E-state index contributed by atoms with van der Waals surface area (Å²) in [6.07, 6.45) is 10.3. The Morgan fingerprint density at radius 2 is 1.93 bits per heavy atom. The fraction of sp³-hybridized carbons (Fsp3) is 0.923. The van der Waals surface area contributed by atoms with Crippen molar-refractivity contribution in [2.75, 3.05) is 0 Å². The molecule has 3 fully saturated rings. The number of carbonyl (C=O) groups excluding carboxylic acids is 1. The molecule has 0 amide bonds. The zero-order valence-corrected chi connectivity index (χ0v) is 8.87. The van der Waals surface area contributed by atoms with Crippen LogP contribution in [0.5, 0.6) is 0 Å². The van der Waals surface area contributed by atoms with Gasteiger partial charge in [0.05, 0.1) is 0 Å². The van der Waals surface area contributed by atoms with E-state index in [9.17, 15) is 4.79 Å². The Balaban J connectivity index is 1.72. The van der Waals surface area contributed by atoms with Gasteiger partial charge in [0.2, 0.25) is 0 Å². The summed E-state index contributed by atoms with van der Waals surface area (Å²) in [5, 5.41) is 0. The summed E-state index contributed by atoms with van der Waals surface area (Å²) in [6, 6.07) is 0. The first-order valence-electron chi connectivity index (χ1n) is 6.37. The van der Waals surface area contributed by atoms with Gasteiger partial charge in [0.1, 0.15) is 5.78 Å². The van der Waals surface area contributed by atoms with Crippen LogP contribution in [0.15, 0.2) is 0 Å². The van der Waals surface area contributed by atoms with Crippen molar-refractivity contribution in [3.05, 3.63) is 0 Å². The van der Waals surface area contributed by atoms with Crippen LogP contribution < -0.4 is 0 Å². The van der Waals surface area contributed by atoms with Crippen LogP contribution >= 0.6 is 0 Å². The first kappa shape index (κ1) is 8.94. The van der Waals surface area contributed by atoms with Gasteiger partial charge in [-0.15, -0.1) is 0 Å². The highest BCUT2D eigenvalue weighted by Crippen LogP contribution is 2.52. The maximum absolute atomic E-state index is 11.9. The molecule has 0 radical (unpaired) electrons. The van der Waals surface area contributed by atoms with Gasteiger partial charge in [0.15, 0.2) is 0 Å². The predicted octanol–water partition coefficient (Wildman–Crippen LogP) is 3.18. The molecule has 3 saturated carbocycles. The largest absolute Gasteiger partial charge is 0.299 e.